The first-order valence-electron chi connectivity index (χ1n) is 5.94. The highest BCUT2D eigenvalue weighted by atomic mass is 14.9. The molecular formula is C14H16N2. The molecule has 0 saturated carbocycles. The molecule has 0 N–H and O–H groups in total. The maximum Gasteiger partial charge on any atom is 0.0484 e. The summed E-state index contributed by atoms with van der Waals surface area (Å²) in [6.07, 6.45) is 5.78. The molecule has 1 aliphatic heterocycles. The lowest BCUT2D eigenvalue weighted by molar-refractivity contribution is 0.739. The summed E-state index contributed by atoms with van der Waals surface area (Å²) in [5, 5.41) is 1.34. The quantitative estimate of drug-likeness (QED) is 0.691. The average molecular weight is 212 g/mol. The highest BCUT2D eigenvalue weighted by molar-refractivity contribution is 6.10. The fraction of sp³-hybridized carbons (Fsp3) is 0.357. The van der Waals surface area contributed by atoms with E-state index in [0.717, 1.165) is 13.0 Å². The molecule has 0 unspecified atom stereocenters. The molecule has 1 aliphatic rings. The topological polar surface area (TPSA) is 17.3 Å². The third kappa shape index (κ3) is 1.45. The van der Waals surface area contributed by atoms with Crippen LogP contribution in [-0.4, -0.2) is 16.8 Å². The van der Waals surface area contributed by atoms with Gasteiger partial charge in [0.1, 0.15) is 0 Å². The fourth-order valence-electron chi connectivity index (χ4n) is 2.47. The average Bonchev–Trinajstić information content (AvgIpc) is 2.73. The number of rotatable bonds is 1. The molecule has 0 radical (unpaired) electrons. The van der Waals surface area contributed by atoms with Crippen molar-refractivity contribution in [1.29, 1.82) is 0 Å². The van der Waals surface area contributed by atoms with Crippen LogP contribution >= 0.6 is 0 Å². The van der Waals surface area contributed by atoms with Crippen molar-refractivity contribution in [1.82, 2.24) is 4.57 Å². The maximum atomic E-state index is 4.67. The van der Waals surface area contributed by atoms with E-state index in [1.807, 2.05) is 0 Å². The SMILES string of the molecule is Cn1ccc2c(C3=NCCCC3)cccc21. The molecule has 0 bridgehead atoms. The van der Waals surface area contributed by atoms with Crippen LogP contribution in [0.3, 0.4) is 0 Å². The minimum Gasteiger partial charge on any atom is -0.351 e. The van der Waals surface area contributed by atoms with Crippen molar-refractivity contribution in [2.75, 3.05) is 6.54 Å². The van der Waals surface area contributed by atoms with Gasteiger partial charge in [0.2, 0.25) is 0 Å². The minimum absolute atomic E-state index is 0.999. The number of hydrogen-bond acceptors (Lipinski definition) is 1. The molecule has 0 aliphatic carbocycles. The monoisotopic (exact) mass is 212 g/mol. The van der Waals surface area contributed by atoms with Crippen LogP contribution in [-0.2, 0) is 7.05 Å². The predicted molar refractivity (Wildman–Crippen MR) is 68.2 cm³/mol. The van der Waals surface area contributed by atoms with E-state index in [2.05, 4.69) is 47.1 Å². The van der Waals surface area contributed by atoms with Crippen molar-refractivity contribution in [3.8, 4) is 0 Å². The van der Waals surface area contributed by atoms with Crippen molar-refractivity contribution in [3.05, 3.63) is 36.0 Å². The summed E-state index contributed by atoms with van der Waals surface area (Å²) in [6, 6.07) is 8.70. The first-order valence-corrected chi connectivity index (χ1v) is 5.94. The zero-order valence-corrected chi connectivity index (χ0v) is 9.61. The first kappa shape index (κ1) is 9.64. The smallest absolute Gasteiger partial charge is 0.0484 e. The second kappa shape index (κ2) is 3.78. The zero-order chi connectivity index (χ0) is 11.0. The summed E-state index contributed by atoms with van der Waals surface area (Å²) in [5.74, 6) is 0. The largest absolute Gasteiger partial charge is 0.351 e. The van der Waals surface area contributed by atoms with Crippen LogP contribution in [0.5, 0.6) is 0 Å². The molecule has 3 rings (SSSR count). The predicted octanol–water partition coefficient (Wildman–Crippen LogP) is 3.15. The van der Waals surface area contributed by atoms with Crippen molar-refractivity contribution < 1.29 is 0 Å². The Morgan fingerprint density at radius 3 is 2.94 bits per heavy atom. The molecule has 82 valence electrons. The lowest BCUT2D eigenvalue weighted by Gasteiger charge is -2.13. The normalized spacial score (nSPS) is 16.4. The fourth-order valence-corrected chi connectivity index (χ4v) is 2.47. The Kier molecular flexibility index (Phi) is 2.28. The maximum absolute atomic E-state index is 4.67. The molecule has 0 fully saturated rings. The van der Waals surface area contributed by atoms with Gasteiger partial charge in [0.15, 0.2) is 0 Å². The molecule has 16 heavy (non-hydrogen) atoms. The summed E-state index contributed by atoms with van der Waals surface area (Å²) >= 11 is 0. The summed E-state index contributed by atoms with van der Waals surface area (Å²) in [7, 11) is 2.09. The Labute approximate surface area is 95.6 Å². The summed E-state index contributed by atoms with van der Waals surface area (Å²) < 4.78 is 2.17. The third-order valence-electron chi connectivity index (χ3n) is 3.36. The molecule has 1 aromatic heterocycles. The molecule has 2 aromatic rings. The summed E-state index contributed by atoms with van der Waals surface area (Å²) in [6.45, 7) is 0.999. The number of aromatic nitrogens is 1. The minimum atomic E-state index is 0.999. The van der Waals surface area contributed by atoms with Gasteiger partial charge in [-0.15, -0.1) is 0 Å². The second-order valence-electron chi connectivity index (χ2n) is 4.45. The van der Waals surface area contributed by atoms with E-state index in [4.69, 9.17) is 0 Å². The van der Waals surface area contributed by atoms with Gasteiger partial charge in [0.25, 0.3) is 0 Å². The van der Waals surface area contributed by atoms with Crippen LogP contribution in [0, 0.1) is 0 Å². The van der Waals surface area contributed by atoms with Gasteiger partial charge in [-0.25, -0.2) is 0 Å². The van der Waals surface area contributed by atoms with E-state index < -0.39 is 0 Å². The van der Waals surface area contributed by atoms with Crippen LogP contribution < -0.4 is 0 Å². The van der Waals surface area contributed by atoms with Crippen LogP contribution in [0.15, 0.2) is 35.5 Å². The third-order valence-corrected chi connectivity index (χ3v) is 3.36. The van der Waals surface area contributed by atoms with Crippen molar-refractivity contribution >= 4 is 16.6 Å². The second-order valence-corrected chi connectivity index (χ2v) is 4.45. The molecule has 1 aromatic carbocycles. The Bertz CT molecular complexity index is 549. The van der Waals surface area contributed by atoms with Gasteiger partial charge < -0.3 is 4.57 Å². The first-order chi connectivity index (χ1) is 7.86. The van der Waals surface area contributed by atoms with E-state index in [9.17, 15) is 0 Å². The van der Waals surface area contributed by atoms with Crippen molar-refractivity contribution in [2.24, 2.45) is 12.0 Å². The highest BCUT2D eigenvalue weighted by Crippen LogP contribution is 2.23. The van der Waals surface area contributed by atoms with Gasteiger partial charge in [-0.2, -0.15) is 0 Å². The van der Waals surface area contributed by atoms with Gasteiger partial charge in [-0.1, -0.05) is 12.1 Å². The Hall–Kier alpha value is -1.57. The molecule has 2 heterocycles. The Morgan fingerprint density at radius 1 is 1.19 bits per heavy atom. The molecular weight excluding hydrogens is 196 g/mol. The van der Waals surface area contributed by atoms with Crippen LogP contribution in [0.2, 0.25) is 0 Å². The molecule has 0 spiro atoms. The number of fused-ring (bicyclic) bond motifs is 1. The number of benzene rings is 1. The highest BCUT2D eigenvalue weighted by Gasteiger charge is 2.11. The summed E-state index contributed by atoms with van der Waals surface area (Å²) in [5.41, 5.74) is 3.92. The molecule has 0 saturated heterocycles. The standard InChI is InChI=1S/C14H16N2/c1-16-10-8-12-11(5-4-7-14(12)16)13-6-2-3-9-15-13/h4-5,7-8,10H,2-3,6,9H2,1H3. The van der Waals surface area contributed by atoms with Gasteiger partial charge in [0, 0.05) is 42.0 Å². The van der Waals surface area contributed by atoms with E-state index in [0.29, 0.717) is 0 Å². The van der Waals surface area contributed by atoms with Crippen molar-refractivity contribution in [3.63, 3.8) is 0 Å². The van der Waals surface area contributed by atoms with Gasteiger partial charge in [-0.05, 0) is 31.4 Å². The Morgan fingerprint density at radius 2 is 2.12 bits per heavy atom. The Balaban J connectivity index is 2.19. The molecule has 0 atom stereocenters. The van der Waals surface area contributed by atoms with Gasteiger partial charge in [0.05, 0.1) is 0 Å². The lowest BCUT2D eigenvalue weighted by atomic mass is 9.99. The molecule has 2 heteroatoms. The van der Waals surface area contributed by atoms with Crippen LogP contribution in [0.1, 0.15) is 24.8 Å². The number of aryl methyl sites for hydroxylation is 1. The summed E-state index contributed by atoms with van der Waals surface area (Å²) in [4.78, 5) is 4.67. The number of aliphatic imine (C=N–C) groups is 1. The number of nitrogens with zero attached hydrogens (tertiary/aromatic N) is 2. The lowest BCUT2D eigenvalue weighted by Crippen LogP contribution is -2.07. The van der Waals surface area contributed by atoms with E-state index in [1.54, 1.807) is 0 Å². The number of hydrogen-bond donors (Lipinski definition) is 0. The van der Waals surface area contributed by atoms with E-state index in [-0.39, 0.29) is 0 Å². The van der Waals surface area contributed by atoms with E-state index in [1.165, 1.54) is 35.0 Å². The zero-order valence-electron chi connectivity index (χ0n) is 9.61. The molecule has 0 amide bonds. The van der Waals surface area contributed by atoms with Crippen LogP contribution in [0.25, 0.3) is 10.9 Å². The van der Waals surface area contributed by atoms with Crippen LogP contribution in [0.4, 0.5) is 0 Å². The van der Waals surface area contributed by atoms with Crippen molar-refractivity contribution in [2.45, 2.75) is 19.3 Å². The van der Waals surface area contributed by atoms with Gasteiger partial charge >= 0.3 is 0 Å². The van der Waals surface area contributed by atoms with E-state index >= 15 is 0 Å². The van der Waals surface area contributed by atoms with Gasteiger partial charge in [-0.3, -0.25) is 4.99 Å². The molecule has 2 nitrogen and oxygen atoms in total.